The number of carbonyl (C=O) groups excluding carboxylic acids is 3. The molecule has 19 nitrogen and oxygen atoms in total. The van der Waals surface area contributed by atoms with Gasteiger partial charge in [-0.3, -0.25) is 14.4 Å². The summed E-state index contributed by atoms with van der Waals surface area (Å²) in [5.41, 5.74) is 15.6. The minimum Gasteiger partial charge on any atom is -0.489 e. The van der Waals surface area contributed by atoms with E-state index in [2.05, 4.69) is 15.5 Å². The van der Waals surface area contributed by atoms with Gasteiger partial charge in [-0.25, -0.2) is 31.4 Å². The van der Waals surface area contributed by atoms with E-state index < -0.39 is 52.3 Å². The molecular formula is C52H58F4N8O11. The number of fused-ring (bicyclic) bond motifs is 2. The molecule has 4 aliphatic rings. The number of amides is 3. The van der Waals surface area contributed by atoms with Crippen molar-refractivity contribution >= 4 is 34.7 Å². The van der Waals surface area contributed by atoms with Gasteiger partial charge in [0.1, 0.15) is 41.9 Å². The maximum absolute atomic E-state index is 14.2. The van der Waals surface area contributed by atoms with Crippen LogP contribution in [0, 0.1) is 34.1 Å². The molecular weight excluding hydrogens is 989 g/mol. The molecule has 4 fully saturated rings. The van der Waals surface area contributed by atoms with Gasteiger partial charge in [0, 0.05) is 24.2 Å². The Kier molecular flexibility index (Phi) is 14.8. The number of carboxylic acid groups (broad SMARTS) is 1. The minimum atomic E-state index is -1.02. The zero-order chi connectivity index (χ0) is 54.4. The molecule has 0 bridgehead atoms. The Balaban J connectivity index is 0.000000165. The lowest BCUT2D eigenvalue weighted by Crippen LogP contribution is -2.58. The van der Waals surface area contributed by atoms with Crippen molar-refractivity contribution in [1.29, 1.82) is 0 Å². The Morgan fingerprint density at radius 2 is 1.07 bits per heavy atom. The largest absolute Gasteiger partial charge is 0.489 e. The second-order valence-corrected chi connectivity index (χ2v) is 21.3. The fraction of sp³-hybridized carbons (Fsp3) is 0.423. The Morgan fingerprint density at radius 1 is 0.653 bits per heavy atom. The number of aromatic nitrogens is 4. The molecule has 10 N–H and O–H groups in total. The van der Waals surface area contributed by atoms with Crippen LogP contribution in [0.4, 0.5) is 17.6 Å². The molecule has 23 heteroatoms. The molecule has 2 aromatic carbocycles. The highest BCUT2D eigenvalue weighted by Gasteiger charge is 2.55. The summed E-state index contributed by atoms with van der Waals surface area (Å²) >= 11 is 0. The summed E-state index contributed by atoms with van der Waals surface area (Å²) in [6.45, 7) is 6.84. The Bertz CT molecular complexity index is 3140. The molecule has 4 aromatic heterocycles. The molecule has 0 atom stereocenters. The van der Waals surface area contributed by atoms with Crippen LogP contribution in [0.15, 0.2) is 73.3 Å². The maximum Gasteiger partial charge on any atom is 0.339 e. The van der Waals surface area contributed by atoms with Crippen molar-refractivity contribution in [3.05, 3.63) is 119 Å². The fourth-order valence-electron chi connectivity index (χ4n) is 10.1. The topological polar surface area (TPSA) is 291 Å². The van der Waals surface area contributed by atoms with Crippen LogP contribution in [0.3, 0.4) is 0 Å². The Hall–Kier alpha value is -7.50. The Morgan fingerprint density at radius 3 is 1.47 bits per heavy atom. The number of nitrogens with two attached hydrogens (primary N) is 3. The third kappa shape index (κ3) is 12.5. The molecule has 75 heavy (non-hydrogen) atoms. The van der Waals surface area contributed by atoms with E-state index in [-0.39, 0.29) is 82.4 Å². The minimum absolute atomic E-state index is 0.0125. The smallest absolute Gasteiger partial charge is 0.339 e. The zero-order valence-corrected chi connectivity index (χ0v) is 41.4. The first-order valence-corrected chi connectivity index (χ1v) is 24.0. The number of ether oxygens (including phenoxy) is 4. The number of carboxylic acids is 1. The van der Waals surface area contributed by atoms with Crippen molar-refractivity contribution < 1.29 is 71.0 Å². The lowest BCUT2D eigenvalue weighted by Gasteiger charge is -2.57. The van der Waals surface area contributed by atoms with Crippen LogP contribution >= 0.6 is 0 Å². The predicted molar refractivity (Wildman–Crippen MR) is 261 cm³/mol. The standard InChI is InChI=1S/C26H28F2N4O5.C14H16F2N2O2.C12H14N2O4/c1-25(2,35)13-36-16-3-4-21-19(11-30-32(21)12-16)24(34)31-15-7-26(8-15)9-17(10-26)37-22-18(23(29)33)5-14(27)6-20(22)28;15-7-1-10(13(18)19)12(11(16)2-7)20-9-5-14(6-9)3-8(17)4-14;1-12(2,17)7-18-8-3-4-10-9(11(15)16)5-13-14(10)6-8/h3-6,11-12,15,17,35H,7-10,13H2,1-2H3,(H2,29,33)(H,31,34);1-2,8-9H,3-6,17H2,(H2,18,19);3-6,17H,7H2,1-2H3,(H,15,16). The molecule has 10 rings (SSSR count). The number of carbonyl (C=O) groups is 4. The Labute approximate surface area is 426 Å². The fourth-order valence-corrected chi connectivity index (χ4v) is 10.1. The van der Waals surface area contributed by atoms with Crippen LogP contribution in [0.25, 0.3) is 11.0 Å². The van der Waals surface area contributed by atoms with E-state index in [1.807, 2.05) is 0 Å². The number of hydrogen-bond donors (Lipinski definition) is 7. The number of nitrogens with zero attached hydrogens (tertiary/aromatic N) is 4. The van der Waals surface area contributed by atoms with Crippen molar-refractivity contribution in [3.63, 3.8) is 0 Å². The average molecular weight is 1050 g/mol. The first kappa shape index (κ1) is 53.8. The number of pyridine rings is 2. The van der Waals surface area contributed by atoms with Gasteiger partial charge in [0.2, 0.25) is 0 Å². The number of nitrogens with one attached hydrogen (secondary N) is 1. The predicted octanol–water partition coefficient (Wildman–Crippen LogP) is 5.88. The first-order chi connectivity index (χ1) is 35.2. The summed E-state index contributed by atoms with van der Waals surface area (Å²) in [4.78, 5) is 46.6. The summed E-state index contributed by atoms with van der Waals surface area (Å²) in [6.07, 6.45) is 11.8. The molecule has 4 heterocycles. The molecule has 4 aliphatic carbocycles. The average Bonchev–Trinajstić information content (AvgIpc) is 3.90. The highest BCUT2D eigenvalue weighted by atomic mass is 19.1. The van der Waals surface area contributed by atoms with Crippen LogP contribution < -0.4 is 41.5 Å². The lowest BCUT2D eigenvalue weighted by molar-refractivity contribution is -0.0845. The highest BCUT2D eigenvalue weighted by Crippen LogP contribution is 2.58. The molecule has 2 spiro atoms. The van der Waals surface area contributed by atoms with Crippen LogP contribution in [-0.2, 0) is 0 Å². The summed E-state index contributed by atoms with van der Waals surface area (Å²) in [5, 5.41) is 39.5. The summed E-state index contributed by atoms with van der Waals surface area (Å²) < 4.78 is 79.6. The van der Waals surface area contributed by atoms with Gasteiger partial charge >= 0.3 is 5.97 Å². The number of primary amides is 2. The van der Waals surface area contributed by atoms with Gasteiger partial charge < -0.3 is 56.8 Å². The van der Waals surface area contributed by atoms with Gasteiger partial charge in [-0.05, 0) is 126 Å². The molecule has 0 aliphatic heterocycles. The molecule has 0 radical (unpaired) electrons. The van der Waals surface area contributed by atoms with Crippen molar-refractivity contribution in [2.45, 2.75) is 115 Å². The van der Waals surface area contributed by atoms with Gasteiger partial charge in [-0.15, -0.1) is 0 Å². The van der Waals surface area contributed by atoms with Gasteiger partial charge in [0.05, 0.1) is 75.9 Å². The van der Waals surface area contributed by atoms with Crippen LogP contribution in [-0.4, -0.2) is 107 Å². The van der Waals surface area contributed by atoms with Crippen LogP contribution in [0.2, 0.25) is 0 Å². The molecule has 0 unspecified atom stereocenters. The SMILES string of the molecule is CC(C)(O)COc1ccc2c(C(=O)NC3CC4(C3)CC(Oc3c(F)cc(F)cc3C(N)=O)C4)cnn2c1.CC(C)(O)COc1ccc2c(C(=O)O)cnn2c1.NC(=O)c1cc(F)cc(F)c1OC1CC2(CC(N)C2)C1. The number of benzene rings is 2. The second-order valence-electron chi connectivity index (χ2n) is 21.3. The second kappa shape index (κ2) is 20.7. The van der Waals surface area contributed by atoms with E-state index in [1.54, 1.807) is 68.9 Å². The summed E-state index contributed by atoms with van der Waals surface area (Å²) in [5.74, 6) is -6.24. The van der Waals surface area contributed by atoms with Crippen LogP contribution in [0.5, 0.6) is 23.0 Å². The van der Waals surface area contributed by atoms with Crippen molar-refractivity contribution in [2.75, 3.05) is 13.2 Å². The first-order valence-electron chi connectivity index (χ1n) is 24.0. The van der Waals surface area contributed by atoms with E-state index in [9.17, 15) is 47.0 Å². The molecule has 400 valence electrons. The van der Waals surface area contributed by atoms with Crippen molar-refractivity contribution in [2.24, 2.45) is 28.0 Å². The number of rotatable bonds is 15. The van der Waals surface area contributed by atoms with Crippen molar-refractivity contribution in [1.82, 2.24) is 24.5 Å². The monoisotopic (exact) mass is 1050 g/mol. The van der Waals surface area contributed by atoms with E-state index in [0.29, 0.717) is 53.1 Å². The third-order valence-corrected chi connectivity index (χ3v) is 13.5. The highest BCUT2D eigenvalue weighted by molar-refractivity contribution is 6.01. The third-order valence-electron chi connectivity index (χ3n) is 13.5. The number of halogens is 4. The molecule has 6 aromatic rings. The van der Waals surface area contributed by atoms with Gasteiger partial charge in [0.25, 0.3) is 17.7 Å². The molecule has 4 saturated carbocycles. The van der Waals surface area contributed by atoms with Gasteiger partial charge in [-0.1, -0.05) is 0 Å². The number of aliphatic hydroxyl groups is 2. The summed E-state index contributed by atoms with van der Waals surface area (Å²) in [7, 11) is 0. The summed E-state index contributed by atoms with van der Waals surface area (Å²) in [6, 6.07) is 10.1. The maximum atomic E-state index is 14.2. The van der Waals surface area contributed by atoms with E-state index in [0.717, 1.165) is 50.7 Å². The van der Waals surface area contributed by atoms with Gasteiger partial charge in [-0.2, -0.15) is 10.2 Å². The van der Waals surface area contributed by atoms with E-state index >= 15 is 0 Å². The normalized spacial score (nSPS) is 22.5. The number of hydrogen-bond acceptors (Lipinski definition) is 13. The molecule has 0 saturated heterocycles. The van der Waals surface area contributed by atoms with Gasteiger partial charge in [0.15, 0.2) is 23.1 Å². The quantitative estimate of drug-likeness (QED) is 0.0592. The zero-order valence-electron chi connectivity index (χ0n) is 41.4. The van der Waals surface area contributed by atoms with Crippen LogP contribution in [0.1, 0.15) is 120 Å². The van der Waals surface area contributed by atoms with E-state index in [1.165, 1.54) is 16.9 Å². The lowest BCUT2D eigenvalue weighted by atomic mass is 9.53. The molecule has 3 amide bonds. The number of aromatic carboxylic acids is 1. The van der Waals surface area contributed by atoms with Crippen molar-refractivity contribution in [3.8, 4) is 23.0 Å². The van der Waals surface area contributed by atoms with E-state index in [4.69, 9.17) is 41.3 Å².